The largest absolute Gasteiger partial charge is 0.453 e. The summed E-state index contributed by atoms with van der Waals surface area (Å²) in [4.78, 5) is 13.5. The van der Waals surface area contributed by atoms with E-state index < -0.39 is 0 Å². The summed E-state index contributed by atoms with van der Waals surface area (Å²) in [5.74, 6) is 0. The van der Waals surface area contributed by atoms with Crippen LogP contribution in [0.3, 0.4) is 0 Å². The SMILES string of the molecule is COC(=O)NC1CCN(c2ccc(C)cc2CN)C1. The Morgan fingerprint density at radius 2 is 2.37 bits per heavy atom. The van der Waals surface area contributed by atoms with Crippen molar-refractivity contribution in [2.75, 3.05) is 25.1 Å². The van der Waals surface area contributed by atoms with E-state index in [0.717, 1.165) is 25.1 Å². The number of carbonyl (C=O) groups excluding carboxylic acids is 1. The van der Waals surface area contributed by atoms with E-state index in [1.165, 1.54) is 18.4 Å². The van der Waals surface area contributed by atoms with Gasteiger partial charge in [0.1, 0.15) is 0 Å². The minimum atomic E-state index is -0.366. The fourth-order valence-corrected chi connectivity index (χ4v) is 2.51. The predicted octanol–water partition coefficient (Wildman–Crippen LogP) is 1.39. The molecule has 5 nitrogen and oxygen atoms in total. The Hall–Kier alpha value is -1.75. The second kappa shape index (κ2) is 5.93. The molecule has 0 bridgehead atoms. The normalized spacial score (nSPS) is 18.5. The average Bonchev–Trinajstić information content (AvgIpc) is 2.86. The highest BCUT2D eigenvalue weighted by Crippen LogP contribution is 2.25. The van der Waals surface area contributed by atoms with Crippen LogP contribution in [0.4, 0.5) is 10.5 Å². The summed E-state index contributed by atoms with van der Waals surface area (Å²) >= 11 is 0. The summed E-state index contributed by atoms with van der Waals surface area (Å²) in [6, 6.07) is 6.46. The van der Waals surface area contributed by atoms with Crippen LogP contribution in [0, 0.1) is 6.92 Å². The van der Waals surface area contributed by atoms with Gasteiger partial charge in [-0.25, -0.2) is 4.79 Å². The van der Waals surface area contributed by atoms with Gasteiger partial charge in [0.25, 0.3) is 0 Å². The number of alkyl carbamates (subject to hydrolysis) is 1. The van der Waals surface area contributed by atoms with Crippen molar-refractivity contribution >= 4 is 11.8 Å². The maximum absolute atomic E-state index is 11.2. The lowest BCUT2D eigenvalue weighted by atomic mass is 10.1. The van der Waals surface area contributed by atoms with Crippen LogP contribution in [-0.4, -0.2) is 32.3 Å². The van der Waals surface area contributed by atoms with Gasteiger partial charge in [0, 0.05) is 25.3 Å². The maximum atomic E-state index is 11.2. The van der Waals surface area contributed by atoms with Crippen LogP contribution < -0.4 is 16.0 Å². The molecular weight excluding hydrogens is 242 g/mol. The molecule has 0 aliphatic carbocycles. The fourth-order valence-electron chi connectivity index (χ4n) is 2.51. The Balaban J connectivity index is 2.06. The van der Waals surface area contributed by atoms with Gasteiger partial charge in [-0.1, -0.05) is 17.7 Å². The van der Waals surface area contributed by atoms with E-state index in [1.807, 2.05) is 0 Å². The Labute approximate surface area is 113 Å². The van der Waals surface area contributed by atoms with Gasteiger partial charge in [0.05, 0.1) is 13.2 Å². The quantitative estimate of drug-likeness (QED) is 0.864. The highest BCUT2D eigenvalue weighted by molar-refractivity contribution is 5.67. The van der Waals surface area contributed by atoms with E-state index in [-0.39, 0.29) is 12.1 Å². The Morgan fingerprint density at radius 3 is 3.05 bits per heavy atom. The van der Waals surface area contributed by atoms with Gasteiger partial charge in [-0.3, -0.25) is 0 Å². The van der Waals surface area contributed by atoms with Gasteiger partial charge >= 0.3 is 6.09 Å². The van der Waals surface area contributed by atoms with Gasteiger partial charge in [0.15, 0.2) is 0 Å². The lowest BCUT2D eigenvalue weighted by Crippen LogP contribution is -2.37. The van der Waals surface area contributed by atoms with Crippen LogP contribution in [-0.2, 0) is 11.3 Å². The van der Waals surface area contributed by atoms with Crippen LogP contribution in [0.2, 0.25) is 0 Å². The van der Waals surface area contributed by atoms with Crippen molar-refractivity contribution in [3.05, 3.63) is 29.3 Å². The number of anilines is 1. The summed E-state index contributed by atoms with van der Waals surface area (Å²) in [5, 5.41) is 2.84. The van der Waals surface area contributed by atoms with E-state index in [4.69, 9.17) is 5.73 Å². The summed E-state index contributed by atoms with van der Waals surface area (Å²) in [6.45, 7) is 4.31. The first-order valence-corrected chi connectivity index (χ1v) is 6.53. The highest BCUT2D eigenvalue weighted by Gasteiger charge is 2.25. The monoisotopic (exact) mass is 263 g/mol. The van der Waals surface area contributed by atoms with Crippen LogP contribution in [0.5, 0.6) is 0 Å². The maximum Gasteiger partial charge on any atom is 0.407 e. The second-order valence-electron chi connectivity index (χ2n) is 4.90. The van der Waals surface area contributed by atoms with E-state index >= 15 is 0 Å². The third kappa shape index (κ3) is 3.17. The number of methoxy groups -OCH3 is 1. The number of rotatable bonds is 3. The van der Waals surface area contributed by atoms with E-state index in [2.05, 4.69) is 40.1 Å². The molecule has 0 radical (unpaired) electrons. The number of amides is 1. The number of nitrogens with two attached hydrogens (primary N) is 1. The molecule has 0 spiro atoms. The zero-order valence-electron chi connectivity index (χ0n) is 11.5. The van der Waals surface area contributed by atoms with Gasteiger partial charge in [-0.15, -0.1) is 0 Å². The molecule has 1 saturated heterocycles. The van der Waals surface area contributed by atoms with Crippen molar-refractivity contribution in [2.24, 2.45) is 5.73 Å². The van der Waals surface area contributed by atoms with E-state index in [9.17, 15) is 4.79 Å². The predicted molar refractivity (Wildman–Crippen MR) is 75.2 cm³/mol. The number of aryl methyl sites for hydroxylation is 1. The molecule has 104 valence electrons. The number of hydrogen-bond donors (Lipinski definition) is 2. The first-order valence-electron chi connectivity index (χ1n) is 6.53. The standard InChI is InChI=1S/C14H21N3O2/c1-10-3-4-13(11(7-10)8-15)17-6-5-12(9-17)16-14(18)19-2/h3-4,7,12H,5-6,8-9,15H2,1-2H3,(H,16,18). The van der Waals surface area contributed by atoms with Gasteiger partial charge in [-0.2, -0.15) is 0 Å². The molecule has 5 heteroatoms. The fraction of sp³-hybridized carbons (Fsp3) is 0.500. The molecule has 1 fully saturated rings. The highest BCUT2D eigenvalue weighted by atomic mass is 16.5. The Morgan fingerprint density at radius 1 is 1.58 bits per heavy atom. The zero-order chi connectivity index (χ0) is 13.8. The molecular formula is C14H21N3O2. The van der Waals surface area contributed by atoms with Crippen LogP contribution >= 0.6 is 0 Å². The minimum absolute atomic E-state index is 0.138. The Kier molecular flexibility index (Phi) is 4.27. The summed E-state index contributed by atoms with van der Waals surface area (Å²) < 4.78 is 4.63. The molecule has 1 heterocycles. The summed E-state index contributed by atoms with van der Waals surface area (Å²) in [5.41, 5.74) is 9.34. The van der Waals surface area contributed by atoms with E-state index in [0.29, 0.717) is 6.54 Å². The number of ether oxygens (including phenoxy) is 1. The van der Waals surface area contributed by atoms with E-state index in [1.54, 1.807) is 0 Å². The van der Waals surface area contributed by atoms with Crippen molar-refractivity contribution < 1.29 is 9.53 Å². The molecule has 2 rings (SSSR count). The molecule has 1 aliphatic rings. The minimum Gasteiger partial charge on any atom is -0.453 e. The Bertz CT molecular complexity index is 462. The van der Waals surface area contributed by atoms with Gasteiger partial charge in [-0.05, 0) is 25.0 Å². The number of benzene rings is 1. The van der Waals surface area contributed by atoms with Crippen molar-refractivity contribution in [2.45, 2.75) is 25.9 Å². The molecule has 1 aromatic carbocycles. The molecule has 3 N–H and O–H groups in total. The van der Waals surface area contributed by atoms with Crippen molar-refractivity contribution in [3.8, 4) is 0 Å². The molecule has 1 atom stereocenters. The van der Waals surface area contributed by atoms with Gasteiger partial charge in [0.2, 0.25) is 0 Å². The van der Waals surface area contributed by atoms with Crippen LogP contribution in [0.25, 0.3) is 0 Å². The summed E-state index contributed by atoms with van der Waals surface area (Å²) in [6.07, 6.45) is 0.558. The zero-order valence-corrected chi connectivity index (χ0v) is 11.5. The number of nitrogens with one attached hydrogen (secondary N) is 1. The smallest absolute Gasteiger partial charge is 0.407 e. The third-order valence-corrected chi connectivity index (χ3v) is 3.49. The first-order chi connectivity index (χ1) is 9.13. The van der Waals surface area contributed by atoms with Crippen LogP contribution in [0.15, 0.2) is 18.2 Å². The van der Waals surface area contributed by atoms with Gasteiger partial charge < -0.3 is 20.7 Å². The molecule has 1 unspecified atom stereocenters. The molecule has 1 aromatic rings. The number of carbonyl (C=O) groups is 1. The summed E-state index contributed by atoms with van der Waals surface area (Å²) in [7, 11) is 1.38. The molecule has 0 aromatic heterocycles. The lowest BCUT2D eigenvalue weighted by Gasteiger charge is -2.22. The second-order valence-corrected chi connectivity index (χ2v) is 4.90. The lowest BCUT2D eigenvalue weighted by molar-refractivity contribution is 0.167. The van der Waals surface area contributed by atoms with Crippen molar-refractivity contribution in [3.63, 3.8) is 0 Å². The molecule has 1 aliphatic heterocycles. The van der Waals surface area contributed by atoms with Crippen molar-refractivity contribution in [1.82, 2.24) is 5.32 Å². The third-order valence-electron chi connectivity index (χ3n) is 3.49. The first kappa shape index (κ1) is 13.7. The molecule has 0 saturated carbocycles. The van der Waals surface area contributed by atoms with Crippen molar-refractivity contribution in [1.29, 1.82) is 0 Å². The topological polar surface area (TPSA) is 67.6 Å². The molecule has 1 amide bonds. The average molecular weight is 263 g/mol. The van der Waals surface area contributed by atoms with Crippen LogP contribution in [0.1, 0.15) is 17.5 Å². The molecule has 19 heavy (non-hydrogen) atoms. The number of hydrogen-bond acceptors (Lipinski definition) is 4. The number of nitrogens with zero attached hydrogens (tertiary/aromatic N) is 1.